The molecule has 8 nitrogen and oxygen atoms in total. The molecular weight excluding hydrogens is 441 g/mol. The summed E-state index contributed by atoms with van der Waals surface area (Å²) in [4.78, 5) is 41.0. The summed E-state index contributed by atoms with van der Waals surface area (Å²) in [5, 5.41) is 2.63. The number of rotatable bonds is 7. The molecular formula is C22H21F3N4O4. The van der Waals surface area contributed by atoms with Crippen LogP contribution in [0.3, 0.4) is 0 Å². The van der Waals surface area contributed by atoms with Gasteiger partial charge in [-0.15, -0.1) is 0 Å². The van der Waals surface area contributed by atoms with Crippen molar-refractivity contribution in [1.82, 2.24) is 14.5 Å². The Labute approximate surface area is 186 Å². The van der Waals surface area contributed by atoms with Gasteiger partial charge in [0.15, 0.2) is 6.61 Å². The maximum Gasteiger partial charge on any atom is 0.449 e. The number of aryl methyl sites for hydroxylation is 1. The van der Waals surface area contributed by atoms with Gasteiger partial charge in [0.2, 0.25) is 11.7 Å². The van der Waals surface area contributed by atoms with Crippen LogP contribution < -0.4 is 5.32 Å². The molecule has 0 unspecified atom stereocenters. The number of benzene rings is 2. The molecule has 3 aromatic rings. The number of nitrogens with one attached hydrogen (secondary N) is 1. The number of carbonyl (C=O) groups excluding carboxylic acids is 3. The standard InChI is InChI=1S/C22H21F3N4O4/c1-14-7-9-15(10-8-14)26-18(30)11-28(2)19(31)13-33-20(32)12-29-17-6-4-3-5-16(17)27-21(29)22(23,24)25/h3-10H,11-13H2,1-2H3,(H,26,30). The molecule has 0 atom stereocenters. The van der Waals surface area contributed by atoms with Gasteiger partial charge in [-0.2, -0.15) is 13.2 Å². The Hall–Kier alpha value is -3.89. The Bertz CT molecular complexity index is 1170. The third-order valence-electron chi connectivity index (χ3n) is 4.69. The summed E-state index contributed by atoms with van der Waals surface area (Å²) >= 11 is 0. The highest BCUT2D eigenvalue weighted by molar-refractivity contribution is 5.94. The average molecular weight is 462 g/mol. The number of halogens is 3. The quantitative estimate of drug-likeness (QED) is 0.545. The molecule has 0 bridgehead atoms. The molecule has 0 aliphatic carbocycles. The molecule has 174 valence electrons. The second-order valence-electron chi connectivity index (χ2n) is 7.33. The van der Waals surface area contributed by atoms with Crippen molar-refractivity contribution in [1.29, 1.82) is 0 Å². The molecule has 3 rings (SSSR count). The fraction of sp³-hybridized carbons (Fsp3) is 0.273. The first-order valence-electron chi connectivity index (χ1n) is 9.83. The summed E-state index contributed by atoms with van der Waals surface area (Å²) in [5.41, 5.74) is 1.77. The van der Waals surface area contributed by atoms with Crippen LogP contribution in [0.1, 0.15) is 11.4 Å². The maximum absolute atomic E-state index is 13.3. The van der Waals surface area contributed by atoms with Crippen LogP contribution in [-0.2, 0) is 31.8 Å². The lowest BCUT2D eigenvalue weighted by Crippen LogP contribution is -2.37. The van der Waals surface area contributed by atoms with E-state index in [9.17, 15) is 27.6 Å². The molecule has 0 fully saturated rings. The van der Waals surface area contributed by atoms with Crippen molar-refractivity contribution in [2.45, 2.75) is 19.6 Å². The number of aromatic nitrogens is 2. The van der Waals surface area contributed by atoms with Crippen molar-refractivity contribution < 1.29 is 32.3 Å². The summed E-state index contributed by atoms with van der Waals surface area (Å²) in [6.07, 6.45) is -4.78. The number of imidazole rings is 1. The van der Waals surface area contributed by atoms with E-state index in [1.165, 1.54) is 31.3 Å². The van der Waals surface area contributed by atoms with Crippen molar-refractivity contribution in [3.63, 3.8) is 0 Å². The lowest BCUT2D eigenvalue weighted by molar-refractivity contribution is -0.155. The van der Waals surface area contributed by atoms with Crippen LogP contribution in [0.5, 0.6) is 0 Å². The van der Waals surface area contributed by atoms with Crippen molar-refractivity contribution >= 4 is 34.5 Å². The minimum atomic E-state index is -4.78. The first-order chi connectivity index (χ1) is 15.5. The summed E-state index contributed by atoms with van der Waals surface area (Å²) in [5.74, 6) is -3.43. The summed E-state index contributed by atoms with van der Waals surface area (Å²) in [7, 11) is 1.34. The van der Waals surface area contributed by atoms with Crippen LogP contribution in [0.25, 0.3) is 11.0 Å². The van der Waals surface area contributed by atoms with Gasteiger partial charge in [0.25, 0.3) is 5.91 Å². The van der Waals surface area contributed by atoms with Crippen LogP contribution in [0.2, 0.25) is 0 Å². The smallest absolute Gasteiger partial charge is 0.449 e. The number of para-hydroxylation sites is 2. The van der Waals surface area contributed by atoms with Crippen molar-refractivity contribution in [2.75, 3.05) is 25.5 Å². The second-order valence-corrected chi connectivity index (χ2v) is 7.33. The summed E-state index contributed by atoms with van der Waals surface area (Å²) < 4.78 is 45.5. The normalized spacial score (nSPS) is 11.3. The highest BCUT2D eigenvalue weighted by atomic mass is 19.4. The fourth-order valence-electron chi connectivity index (χ4n) is 3.02. The number of likely N-dealkylation sites (N-methyl/N-ethyl adjacent to an activating group) is 1. The molecule has 11 heteroatoms. The van der Waals surface area contributed by atoms with E-state index in [0.717, 1.165) is 10.5 Å². The van der Waals surface area contributed by atoms with E-state index in [-0.39, 0.29) is 17.6 Å². The molecule has 0 aliphatic heterocycles. The van der Waals surface area contributed by atoms with E-state index >= 15 is 0 Å². The number of anilines is 1. The van der Waals surface area contributed by atoms with Gasteiger partial charge in [-0.1, -0.05) is 29.8 Å². The zero-order chi connectivity index (χ0) is 24.2. The first-order valence-corrected chi connectivity index (χ1v) is 9.83. The van der Waals surface area contributed by atoms with E-state index in [0.29, 0.717) is 10.3 Å². The molecule has 0 aliphatic rings. The Balaban J connectivity index is 1.56. The highest BCUT2D eigenvalue weighted by Crippen LogP contribution is 2.31. The molecule has 33 heavy (non-hydrogen) atoms. The fourth-order valence-corrected chi connectivity index (χ4v) is 3.02. The lowest BCUT2D eigenvalue weighted by atomic mass is 10.2. The molecule has 1 aromatic heterocycles. The molecule has 0 spiro atoms. The minimum absolute atomic E-state index is 0.0769. The molecule has 0 saturated carbocycles. The number of nitrogens with zero attached hydrogens (tertiary/aromatic N) is 3. The van der Waals surface area contributed by atoms with Crippen LogP contribution in [0.15, 0.2) is 48.5 Å². The zero-order valence-electron chi connectivity index (χ0n) is 17.8. The van der Waals surface area contributed by atoms with Gasteiger partial charge in [-0.3, -0.25) is 14.4 Å². The van der Waals surface area contributed by atoms with Crippen molar-refractivity contribution in [3.05, 3.63) is 59.9 Å². The molecule has 0 radical (unpaired) electrons. The number of carbonyl (C=O) groups is 3. The second kappa shape index (κ2) is 9.72. The number of fused-ring (bicyclic) bond motifs is 1. The Morgan fingerprint density at radius 1 is 1.09 bits per heavy atom. The number of amides is 2. The van der Waals surface area contributed by atoms with Gasteiger partial charge < -0.3 is 19.5 Å². The monoisotopic (exact) mass is 462 g/mol. The number of hydrogen-bond donors (Lipinski definition) is 1. The Morgan fingerprint density at radius 3 is 2.42 bits per heavy atom. The first kappa shape index (κ1) is 23.8. The molecule has 1 heterocycles. The van der Waals surface area contributed by atoms with Gasteiger partial charge in [-0.25, -0.2) is 4.98 Å². The van der Waals surface area contributed by atoms with Gasteiger partial charge >= 0.3 is 12.1 Å². The van der Waals surface area contributed by atoms with E-state index in [1.807, 2.05) is 19.1 Å². The highest BCUT2D eigenvalue weighted by Gasteiger charge is 2.38. The maximum atomic E-state index is 13.3. The third kappa shape index (κ3) is 6.09. The number of esters is 1. The SMILES string of the molecule is Cc1ccc(NC(=O)CN(C)C(=O)COC(=O)Cn2c(C(F)(F)F)nc3ccccc32)cc1. The van der Waals surface area contributed by atoms with Crippen LogP contribution in [-0.4, -0.2) is 52.4 Å². The predicted molar refractivity (Wildman–Crippen MR) is 113 cm³/mol. The van der Waals surface area contributed by atoms with E-state index in [2.05, 4.69) is 10.3 Å². The van der Waals surface area contributed by atoms with Crippen molar-refractivity contribution in [2.24, 2.45) is 0 Å². The van der Waals surface area contributed by atoms with Gasteiger partial charge in [-0.05, 0) is 31.2 Å². The van der Waals surface area contributed by atoms with Crippen LogP contribution >= 0.6 is 0 Å². The summed E-state index contributed by atoms with van der Waals surface area (Å²) in [6, 6.07) is 12.9. The van der Waals surface area contributed by atoms with Gasteiger partial charge in [0.1, 0.15) is 6.54 Å². The topological polar surface area (TPSA) is 93.5 Å². The molecule has 1 N–H and O–H groups in total. The van der Waals surface area contributed by atoms with Crippen molar-refractivity contribution in [3.8, 4) is 0 Å². The van der Waals surface area contributed by atoms with Gasteiger partial charge in [0, 0.05) is 12.7 Å². The molecule has 2 aromatic carbocycles. The van der Waals surface area contributed by atoms with E-state index in [1.54, 1.807) is 12.1 Å². The minimum Gasteiger partial charge on any atom is -0.454 e. The molecule has 0 saturated heterocycles. The number of hydrogen-bond acceptors (Lipinski definition) is 5. The third-order valence-corrected chi connectivity index (χ3v) is 4.69. The van der Waals surface area contributed by atoms with E-state index < -0.39 is 42.9 Å². The largest absolute Gasteiger partial charge is 0.454 e. The summed E-state index contributed by atoms with van der Waals surface area (Å²) in [6.45, 7) is 0.106. The molecule has 2 amide bonds. The zero-order valence-corrected chi connectivity index (χ0v) is 17.8. The number of ether oxygens (including phenoxy) is 1. The lowest BCUT2D eigenvalue weighted by Gasteiger charge is -2.17. The predicted octanol–water partition coefficient (Wildman–Crippen LogP) is 3.00. The Kier molecular flexibility index (Phi) is 7.00. The Morgan fingerprint density at radius 2 is 1.76 bits per heavy atom. The van der Waals surface area contributed by atoms with Gasteiger partial charge in [0.05, 0.1) is 17.6 Å². The van der Waals surface area contributed by atoms with Crippen LogP contribution in [0, 0.1) is 6.92 Å². The average Bonchev–Trinajstić information content (AvgIpc) is 3.12. The number of alkyl halides is 3. The van der Waals surface area contributed by atoms with Crippen LogP contribution in [0.4, 0.5) is 18.9 Å². The van der Waals surface area contributed by atoms with E-state index in [4.69, 9.17) is 4.74 Å².